The van der Waals surface area contributed by atoms with Crippen LogP contribution in [0.25, 0.3) is 0 Å². The highest BCUT2D eigenvalue weighted by Gasteiger charge is 2.29. The second-order valence-corrected chi connectivity index (χ2v) is 5.45. The molecule has 1 aromatic heterocycles. The van der Waals surface area contributed by atoms with Crippen LogP contribution in [0.1, 0.15) is 12.5 Å². The molecule has 27 heavy (non-hydrogen) atoms. The molecular formula is C18H16F3N5O. The highest BCUT2D eigenvalue weighted by atomic mass is 19.4. The Kier molecular flexibility index (Phi) is 5.39. The minimum absolute atomic E-state index is 0.158. The molecule has 0 amide bonds. The van der Waals surface area contributed by atoms with Crippen LogP contribution in [0.4, 0.5) is 36.3 Å². The number of anilines is 4. The van der Waals surface area contributed by atoms with E-state index in [-0.39, 0.29) is 5.95 Å². The van der Waals surface area contributed by atoms with E-state index in [0.717, 1.165) is 23.6 Å². The summed E-state index contributed by atoms with van der Waals surface area (Å²) in [6.45, 7) is 2.49. The van der Waals surface area contributed by atoms with Gasteiger partial charge < -0.3 is 15.4 Å². The summed E-state index contributed by atoms with van der Waals surface area (Å²) < 4.78 is 43.2. The lowest BCUT2D eigenvalue weighted by Crippen LogP contribution is -2.05. The average Bonchev–Trinajstić information content (AvgIpc) is 2.64. The van der Waals surface area contributed by atoms with Crippen molar-refractivity contribution in [3.8, 4) is 5.75 Å². The third-order valence-corrected chi connectivity index (χ3v) is 3.46. The van der Waals surface area contributed by atoms with E-state index in [4.69, 9.17) is 4.74 Å². The van der Waals surface area contributed by atoms with Gasteiger partial charge in [0.1, 0.15) is 5.75 Å². The number of alkyl halides is 3. The number of benzene rings is 2. The maximum absolute atomic E-state index is 12.6. The summed E-state index contributed by atoms with van der Waals surface area (Å²) in [5.74, 6) is 1.35. The number of hydrogen-bond acceptors (Lipinski definition) is 6. The Balaban J connectivity index is 1.68. The van der Waals surface area contributed by atoms with Crippen LogP contribution in [-0.2, 0) is 6.18 Å². The standard InChI is InChI=1S/C18H16F3N5O/c1-2-27-15-9-7-13(8-10-15)23-16-11-22-26-17(25-16)24-14-5-3-12(4-6-14)18(19,20)21/h3-11H,2H2,1H3,(H2,23,24,25,26). The Labute approximate surface area is 153 Å². The molecule has 9 heteroatoms. The zero-order chi connectivity index (χ0) is 19.3. The molecular weight excluding hydrogens is 359 g/mol. The Hall–Kier alpha value is -3.36. The Morgan fingerprint density at radius 3 is 2.19 bits per heavy atom. The summed E-state index contributed by atoms with van der Waals surface area (Å²) in [4.78, 5) is 4.24. The topological polar surface area (TPSA) is 72.0 Å². The molecule has 0 atom stereocenters. The molecule has 0 aliphatic rings. The van der Waals surface area contributed by atoms with E-state index in [9.17, 15) is 13.2 Å². The first-order chi connectivity index (χ1) is 12.9. The van der Waals surface area contributed by atoms with E-state index in [1.54, 1.807) is 0 Å². The summed E-state index contributed by atoms with van der Waals surface area (Å²) in [7, 11) is 0. The predicted octanol–water partition coefficient (Wildman–Crippen LogP) is 4.78. The van der Waals surface area contributed by atoms with E-state index in [0.29, 0.717) is 18.1 Å². The molecule has 3 rings (SSSR count). The van der Waals surface area contributed by atoms with Gasteiger partial charge in [0.2, 0.25) is 5.95 Å². The summed E-state index contributed by atoms with van der Waals surface area (Å²) in [6.07, 6.45) is -2.94. The molecule has 1 heterocycles. The first kappa shape index (κ1) is 18.4. The van der Waals surface area contributed by atoms with Gasteiger partial charge in [-0.15, -0.1) is 5.10 Å². The van der Waals surface area contributed by atoms with Gasteiger partial charge in [-0.25, -0.2) is 0 Å². The van der Waals surface area contributed by atoms with Crippen LogP contribution in [0.2, 0.25) is 0 Å². The third-order valence-electron chi connectivity index (χ3n) is 3.46. The highest BCUT2D eigenvalue weighted by molar-refractivity contribution is 5.59. The summed E-state index contributed by atoms with van der Waals surface area (Å²) in [6, 6.07) is 11.9. The largest absolute Gasteiger partial charge is 0.494 e. The number of ether oxygens (including phenoxy) is 1. The highest BCUT2D eigenvalue weighted by Crippen LogP contribution is 2.30. The van der Waals surface area contributed by atoms with Crippen LogP contribution in [0, 0.1) is 0 Å². The molecule has 0 bridgehead atoms. The van der Waals surface area contributed by atoms with Crippen molar-refractivity contribution in [2.24, 2.45) is 0 Å². The van der Waals surface area contributed by atoms with E-state index in [1.165, 1.54) is 18.3 Å². The molecule has 0 spiro atoms. The number of rotatable bonds is 6. The molecule has 0 saturated heterocycles. The fraction of sp³-hybridized carbons (Fsp3) is 0.167. The first-order valence-corrected chi connectivity index (χ1v) is 8.08. The van der Waals surface area contributed by atoms with Crippen LogP contribution in [0.5, 0.6) is 5.75 Å². The lowest BCUT2D eigenvalue weighted by atomic mass is 10.2. The lowest BCUT2D eigenvalue weighted by molar-refractivity contribution is -0.137. The fourth-order valence-corrected chi connectivity index (χ4v) is 2.24. The molecule has 2 aromatic carbocycles. The van der Waals surface area contributed by atoms with Crippen LogP contribution in [0.3, 0.4) is 0 Å². The van der Waals surface area contributed by atoms with Crippen molar-refractivity contribution >= 4 is 23.1 Å². The minimum Gasteiger partial charge on any atom is -0.494 e. The zero-order valence-electron chi connectivity index (χ0n) is 14.3. The first-order valence-electron chi connectivity index (χ1n) is 8.08. The number of nitrogens with zero attached hydrogens (tertiary/aromatic N) is 3. The second-order valence-electron chi connectivity index (χ2n) is 5.45. The maximum Gasteiger partial charge on any atom is 0.416 e. The van der Waals surface area contributed by atoms with E-state index in [1.807, 2.05) is 31.2 Å². The van der Waals surface area contributed by atoms with Crippen LogP contribution < -0.4 is 15.4 Å². The monoisotopic (exact) mass is 375 g/mol. The van der Waals surface area contributed by atoms with Gasteiger partial charge in [-0.2, -0.15) is 23.3 Å². The van der Waals surface area contributed by atoms with Crippen molar-refractivity contribution in [3.63, 3.8) is 0 Å². The van der Waals surface area contributed by atoms with Gasteiger partial charge in [-0.3, -0.25) is 0 Å². The van der Waals surface area contributed by atoms with Gasteiger partial charge in [0.15, 0.2) is 5.82 Å². The fourth-order valence-electron chi connectivity index (χ4n) is 2.24. The lowest BCUT2D eigenvalue weighted by Gasteiger charge is -2.10. The molecule has 0 radical (unpaired) electrons. The van der Waals surface area contributed by atoms with Crippen molar-refractivity contribution in [1.82, 2.24) is 15.2 Å². The van der Waals surface area contributed by atoms with Gasteiger partial charge >= 0.3 is 6.18 Å². The van der Waals surface area contributed by atoms with E-state index >= 15 is 0 Å². The molecule has 3 aromatic rings. The minimum atomic E-state index is -4.38. The number of halogens is 3. The third kappa shape index (κ3) is 5.06. The quantitative estimate of drug-likeness (QED) is 0.646. The van der Waals surface area contributed by atoms with Crippen molar-refractivity contribution in [3.05, 3.63) is 60.3 Å². The molecule has 0 saturated carbocycles. The van der Waals surface area contributed by atoms with Crippen LogP contribution in [-0.4, -0.2) is 21.8 Å². The van der Waals surface area contributed by atoms with Crippen LogP contribution in [0.15, 0.2) is 54.7 Å². The second kappa shape index (κ2) is 7.90. The van der Waals surface area contributed by atoms with Gasteiger partial charge in [-0.1, -0.05) is 0 Å². The van der Waals surface area contributed by atoms with Gasteiger partial charge in [0, 0.05) is 11.4 Å². The van der Waals surface area contributed by atoms with Gasteiger partial charge in [-0.05, 0) is 55.5 Å². The normalized spacial score (nSPS) is 11.1. The van der Waals surface area contributed by atoms with E-state index < -0.39 is 11.7 Å². The zero-order valence-corrected chi connectivity index (χ0v) is 14.3. The molecule has 0 unspecified atom stereocenters. The van der Waals surface area contributed by atoms with E-state index in [2.05, 4.69) is 25.8 Å². The van der Waals surface area contributed by atoms with Crippen molar-refractivity contribution in [2.45, 2.75) is 13.1 Å². The van der Waals surface area contributed by atoms with Crippen LogP contribution >= 0.6 is 0 Å². The Morgan fingerprint density at radius 2 is 1.56 bits per heavy atom. The SMILES string of the molecule is CCOc1ccc(Nc2cnnc(Nc3ccc(C(F)(F)F)cc3)n2)cc1. The van der Waals surface area contributed by atoms with Gasteiger partial charge in [0.25, 0.3) is 0 Å². The number of nitrogens with one attached hydrogen (secondary N) is 2. The molecule has 0 aliphatic heterocycles. The molecule has 0 aliphatic carbocycles. The predicted molar refractivity (Wildman–Crippen MR) is 95.4 cm³/mol. The summed E-state index contributed by atoms with van der Waals surface area (Å²) >= 11 is 0. The number of aromatic nitrogens is 3. The van der Waals surface area contributed by atoms with Crippen molar-refractivity contribution in [2.75, 3.05) is 17.2 Å². The average molecular weight is 375 g/mol. The molecule has 140 valence electrons. The molecule has 2 N–H and O–H groups in total. The number of hydrogen-bond donors (Lipinski definition) is 2. The van der Waals surface area contributed by atoms with Gasteiger partial charge in [0.05, 0.1) is 18.4 Å². The maximum atomic E-state index is 12.6. The smallest absolute Gasteiger partial charge is 0.416 e. The molecule has 0 fully saturated rings. The Morgan fingerprint density at radius 1 is 0.926 bits per heavy atom. The summed E-state index contributed by atoms with van der Waals surface area (Å²) in [5.41, 5.74) is 0.473. The van der Waals surface area contributed by atoms with Crippen molar-refractivity contribution in [1.29, 1.82) is 0 Å². The Bertz CT molecular complexity index is 883. The van der Waals surface area contributed by atoms with Crippen molar-refractivity contribution < 1.29 is 17.9 Å². The molecule has 6 nitrogen and oxygen atoms in total. The summed E-state index contributed by atoms with van der Waals surface area (Å²) in [5, 5.41) is 13.6.